The van der Waals surface area contributed by atoms with E-state index >= 15 is 0 Å². The lowest BCUT2D eigenvalue weighted by Crippen LogP contribution is -2.13. The maximum atomic E-state index is 12.7. The maximum Gasteiger partial charge on any atom is 0.196 e. The molecular weight excluding hydrogens is 280 g/mol. The molecule has 0 atom stereocenters. The van der Waals surface area contributed by atoms with Crippen LogP contribution in [0.3, 0.4) is 0 Å². The van der Waals surface area contributed by atoms with Gasteiger partial charge in [0.25, 0.3) is 0 Å². The van der Waals surface area contributed by atoms with E-state index in [1.165, 1.54) is 4.90 Å². The van der Waals surface area contributed by atoms with Crippen LogP contribution < -0.4 is 4.74 Å². The Kier molecular flexibility index (Phi) is 4.30. The van der Waals surface area contributed by atoms with Crippen LogP contribution in [0.4, 0.5) is 0 Å². The first-order valence-corrected chi connectivity index (χ1v) is 8.30. The molecule has 108 valence electrons. The van der Waals surface area contributed by atoms with Gasteiger partial charge in [-0.25, -0.2) is 0 Å². The zero-order valence-electron chi connectivity index (χ0n) is 12.1. The number of aryl methyl sites for hydroxylation is 1. The second-order valence-electron chi connectivity index (χ2n) is 5.03. The standard InChI is InChI=1S/C18H18O2S/c1-2-21-15-10-8-13(9-11-15)17(19)16-7-3-5-14-6-4-12-20-18(14)16/h3,5,7-11H,2,4,6,12H2,1H3. The minimum absolute atomic E-state index is 0.0433. The first-order chi connectivity index (χ1) is 10.3. The van der Waals surface area contributed by atoms with Gasteiger partial charge in [-0.15, -0.1) is 11.8 Å². The number of carbonyl (C=O) groups excluding carboxylic acids is 1. The molecule has 1 aliphatic rings. The first kappa shape index (κ1) is 14.2. The molecule has 3 heteroatoms. The quantitative estimate of drug-likeness (QED) is 0.620. The summed E-state index contributed by atoms with van der Waals surface area (Å²) in [4.78, 5) is 13.9. The van der Waals surface area contributed by atoms with E-state index < -0.39 is 0 Å². The number of fused-ring (bicyclic) bond motifs is 1. The maximum absolute atomic E-state index is 12.7. The zero-order valence-corrected chi connectivity index (χ0v) is 12.9. The largest absolute Gasteiger partial charge is 0.493 e. The van der Waals surface area contributed by atoms with Gasteiger partial charge in [0.2, 0.25) is 0 Å². The number of hydrogen-bond acceptors (Lipinski definition) is 3. The van der Waals surface area contributed by atoms with E-state index in [1.54, 1.807) is 11.8 Å². The minimum atomic E-state index is 0.0433. The summed E-state index contributed by atoms with van der Waals surface area (Å²) < 4.78 is 5.73. The molecular formula is C18H18O2S. The molecule has 21 heavy (non-hydrogen) atoms. The number of ketones is 1. The van der Waals surface area contributed by atoms with Crippen molar-refractivity contribution in [3.63, 3.8) is 0 Å². The zero-order chi connectivity index (χ0) is 14.7. The Balaban J connectivity index is 1.91. The van der Waals surface area contributed by atoms with Gasteiger partial charge >= 0.3 is 0 Å². The summed E-state index contributed by atoms with van der Waals surface area (Å²) >= 11 is 1.78. The van der Waals surface area contributed by atoms with Gasteiger partial charge in [0, 0.05) is 10.5 Å². The number of thioether (sulfide) groups is 1. The van der Waals surface area contributed by atoms with Crippen LogP contribution in [0.15, 0.2) is 47.4 Å². The molecule has 2 aromatic rings. The smallest absolute Gasteiger partial charge is 0.196 e. The van der Waals surface area contributed by atoms with Crippen LogP contribution in [-0.2, 0) is 6.42 Å². The molecule has 2 aromatic carbocycles. The van der Waals surface area contributed by atoms with Crippen LogP contribution in [0.25, 0.3) is 0 Å². The van der Waals surface area contributed by atoms with Crippen molar-refractivity contribution in [3.05, 3.63) is 59.2 Å². The fourth-order valence-corrected chi connectivity index (χ4v) is 3.25. The number of benzene rings is 2. The SMILES string of the molecule is CCSc1ccc(C(=O)c2cccc3c2OCCC3)cc1. The average Bonchev–Trinajstić information content (AvgIpc) is 2.55. The van der Waals surface area contributed by atoms with Gasteiger partial charge in [0.15, 0.2) is 5.78 Å². The summed E-state index contributed by atoms with van der Waals surface area (Å²) in [5.74, 6) is 1.86. The minimum Gasteiger partial charge on any atom is -0.493 e. The molecule has 0 radical (unpaired) electrons. The fourth-order valence-electron chi connectivity index (χ4n) is 2.59. The summed E-state index contributed by atoms with van der Waals surface area (Å²) in [6, 6.07) is 13.7. The van der Waals surface area contributed by atoms with Gasteiger partial charge in [-0.05, 0) is 54.5 Å². The lowest BCUT2D eigenvalue weighted by molar-refractivity contribution is 0.103. The van der Waals surface area contributed by atoms with Crippen molar-refractivity contribution in [2.24, 2.45) is 0 Å². The summed E-state index contributed by atoms with van der Waals surface area (Å²) in [5.41, 5.74) is 2.55. The van der Waals surface area contributed by atoms with Crippen molar-refractivity contribution >= 4 is 17.5 Å². The van der Waals surface area contributed by atoms with Gasteiger partial charge in [-0.2, -0.15) is 0 Å². The third kappa shape index (κ3) is 2.98. The van der Waals surface area contributed by atoms with E-state index in [-0.39, 0.29) is 5.78 Å². The van der Waals surface area contributed by atoms with Crippen LogP contribution in [0.5, 0.6) is 5.75 Å². The summed E-state index contributed by atoms with van der Waals surface area (Å²) in [6.45, 7) is 2.82. The number of hydrogen-bond donors (Lipinski definition) is 0. The van der Waals surface area contributed by atoms with Gasteiger partial charge < -0.3 is 4.74 Å². The fraction of sp³-hybridized carbons (Fsp3) is 0.278. The highest BCUT2D eigenvalue weighted by molar-refractivity contribution is 7.99. The van der Waals surface area contributed by atoms with Crippen LogP contribution in [-0.4, -0.2) is 18.1 Å². The first-order valence-electron chi connectivity index (χ1n) is 7.32. The predicted molar refractivity (Wildman–Crippen MR) is 86.5 cm³/mol. The summed E-state index contributed by atoms with van der Waals surface area (Å²) in [7, 11) is 0. The number of rotatable bonds is 4. The molecule has 0 N–H and O–H groups in total. The Hall–Kier alpha value is -1.74. The molecule has 0 bridgehead atoms. The number of carbonyl (C=O) groups is 1. The number of ether oxygens (including phenoxy) is 1. The molecule has 0 aliphatic carbocycles. The second-order valence-corrected chi connectivity index (χ2v) is 6.37. The highest BCUT2D eigenvalue weighted by Gasteiger charge is 2.20. The van der Waals surface area contributed by atoms with Crippen molar-refractivity contribution in [3.8, 4) is 5.75 Å². The van der Waals surface area contributed by atoms with Crippen molar-refractivity contribution in [2.45, 2.75) is 24.7 Å². The van der Waals surface area contributed by atoms with E-state index in [4.69, 9.17) is 4.74 Å². The Labute approximate surface area is 129 Å². The molecule has 0 spiro atoms. The van der Waals surface area contributed by atoms with Crippen molar-refractivity contribution in [1.29, 1.82) is 0 Å². The van der Waals surface area contributed by atoms with E-state index in [0.29, 0.717) is 12.2 Å². The molecule has 0 saturated carbocycles. The van der Waals surface area contributed by atoms with Crippen molar-refractivity contribution in [1.82, 2.24) is 0 Å². The average molecular weight is 298 g/mol. The van der Waals surface area contributed by atoms with Crippen LogP contribution >= 0.6 is 11.8 Å². The van der Waals surface area contributed by atoms with Crippen molar-refractivity contribution in [2.75, 3.05) is 12.4 Å². The molecule has 1 aliphatic heterocycles. The molecule has 1 heterocycles. The van der Waals surface area contributed by atoms with Crippen LogP contribution in [0, 0.1) is 0 Å². The van der Waals surface area contributed by atoms with Gasteiger partial charge in [0.1, 0.15) is 5.75 Å². The Morgan fingerprint density at radius 2 is 2.00 bits per heavy atom. The molecule has 0 fully saturated rings. The van der Waals surface area contributed by atoms with E-state index in [1.807, 2.05) is 42.5 Å². The summed E-state index contributed by atoms with van der Waals surface area (Å²) in [5, 5.41) is 0. The van der Waals surface area contributed by atoms with E-state index in [9.17, 15) is 4.79 Å². The number of para-hydroxylation sites is 1. The second kappa shape index (κ2) is 6.35. The molecule has 0 amide bonds. The van der Waals surface area contributed by atoms with Gasteiger partial charge in [-0.1, -0.05) is 19.1 Å². The molecule has 3 rings (SSSR count). The van der Waals surface area contributed by atoms with E-state index in [0.717, 1.165) is 35.5 Å². The monoisotopic (exact) mass is 298 g/mol. The van der Waals surface area contributed by atoms with Crippen LogP contribution in [0.1, 0.15) is 34.8 Å². The Morgan fingerprint density at radius 3 is 2.76 bits per heavy atom. The normalized spacial score (nSPS) is 13.4. The molecule has 2 nitrogen and oxygen atoms in total. The lowest BCUT2D eigenvalue weighted by atomic mass is 9.97. The third-order valence-corrected chi connectivity index (χ3v) is 4.50. The summed E-state index contributed by atoms with van der Waals surface area (Å²) in [6.07, 6.45) is 2.01. The molecule has 0 aromatic heterocycles. The Morgan fingerprint density at radius 1 is 1.19 bits per heavy atom. The van der Waals surface area contributed by atoms with Crippen molar-refractivity contribution < 1.29 is 9.53 Å². The van der Waals surface area contributed by atoms with Gasteiger partial charge in [-0.3, -0.25) is 4.79 Å². The van der Waals surface area contributed by atoms with Gasteiger partial charge in [0.05, 0.1) is 12.2 Å². The third-order valence-electron chi connectivity index (χ3n) is 3.61. The van der Waals surface area contributed by atoms with Crippen LogP contribution in [0.2, 0.25) is 0 Å². The topological polar surface area (TPSA) is 26.3 Å². The predicted octanol–water partition coefficient (Wildman–Crippen LogP) is 4.35. The molecule has 0 unspecified atom stereocenters. The van der Waals surface area contributed by atoms with E-state index in [2.05, 4.69) is 6.92 Å². The highest BCUT2D eigenvalue weighted by Crippen LogP contribution is 2.30. The Bertz CT molecular complexity index is 647. The lowest BCUT2D eigenvalue weighted by Gasteiger charge is -2.19. The highest BCUT2D eigenvalue weighted by atomic mass is 32.2. The molecule has 0 saturated heterocycles.